The van der Waals surface area contributed by atoms with Crippen LogP contribution in [0.1, 0.15) is 63.0 Å². The lowest BCUT2D eigenvalue weighted by Gasteiger charge is -2.56. The van der Waals surface area contributed by atoms with Crippen LogP contribution >= 0.6 is 0 Å². The third-order valence-corrected chi connectivity index (χ3v) is 7.50. The lowest BCUT2D eigenvalue weighted by Crippen LogP contribution is -2.48. The Hall–Kier alpha value is -2.37. The Kier molecular flexibility index (Phi) is 6.35. The monoisotopic (exact) mass is 426 g/mol. The Morgan fingerprint density at radius 2 is 1.68 bits per heavy atom. The van der Waals surface area contributed by atoms with Gasteiger partial charge in [-0.05, 0) is 86.2 Å². The average Bonchev–Trinajstić information content (AvgIpc) is 2.71. The number of amides is 2. The van der Waals surface area contributed by atoms with Gasteiger partial charge in [0.15, 0.2) is 6.61 Å². The van der Waals surface area contributed by atoms with E-state index in [9.17, 15) is 14.4 Å². The van der Waals surface area contributed by atoms with E-state index >= 15 is 0 Å². The van der Waals surface area contributed by atoms with Crippen LogP contribution in [0.5, 0.6) is 0 Å². The molecule has 5 rings (SSSR count). The maximum Gasteiger partial charge on any atom is 0.325 e. The summed E-state index contributed by atoms with van der Waals surface area (Å²) in [7, 11) is 0. The van der Waals surface area contributed by atoms with E-state index < -0.39 is 5.97 Å². The second kappa shape index (κ2) is 9.01. The number of hydrogen-bond acceptors (Lipinski definition) is 4. The SMILES string of the molecule is CCc1cccc(C)c1NC(=O)COC(=O)CNC(=O)CC12CC3CC(CC(C3)C1)C2. The molecule has 1 aromatic rings. The maximum absolute atomic E-state index is 12.5. The predicted octanol–water partition coefficient (Wildman–Crippen LogP) is 3.76. The number of carbonyl (C=O) groups excluding carboxylic acids is 3. The highest BCUT2D eigenvalue weighted by atomic mass is 16.5. The van der Waals surface area contributed by atoms with Gasteiger partial charge >= 0.3 is 5.97 Å². The molecule has 0 aromatic heterocycles. The van der Waals surface area contributed by atoms with Crippen LogP contribution < -0.4 is 10.6 Å². The standard InChI is InChI=1S/C25H34N2O4/c1-3-20-6-4-5-16(2)24(20)27-22(29)15-31-23(30)14-26-21(28)13-25-10-17-7-18(11-25)9-19(8-17)12-25/h4-6,17-19H,3,7-15H2,1-2H3,(H,26,28)(H,27,29). The van der Waals surface area contributed by atoms with Crippen LogP contribution in [0.4, 0.5) is 5.69 Å². The van der Waals surface area contributed by atoms with Crippen molar-refractivity contribution in [1.82, 2.24) is 5.32 Å². The number of aryl methyl sites for hydroxylation is 2. The van der Waals surface area contributed by atoms with Crippen LogP contribution in [-0.2, 0) is 25.5 Å². The summed E-state index contributed by atoms with van der Waals surface area (Å²) in [5.74, 6) is 1.35. The summed E-state index contributed by atoms with van der Waals surface area (Å²) in [6, 6.07) is 5.85. The Balaban J connectivity index is 1.19. The molecule has 4 saturated carbocycles. The first-order chi connectivity index (χ1) is 14.9. The van der Waals surface area contributed by atoms with Gasteiger partial charge in [-0.3, -0.25) is 14.4 Å². The van der Waals surface area contributed by atoms with E-state index in [-0.39, 0.29) is 30.4 Å². The van der Waals surface area contributed by atoms with Crippen molar-refractivity contribution in [2.75, 3.05) is 18.5 Å². The van der Waals surface area contributed by atoms with Gasteiger partial charge in [0.2, 0.25) is 5.91 Å². The maximum atomic E-state index is 12.5. The summed E-state index contributed by atoms with van der Waals surface area (Å²) >= 11 is 0. The molecule has 1 aromatic carbocycles. The van der Waals surface area contributed by atoms with Gasteiger partial charge in [0.25, 0.3) is 5.91 Å². The van der Waals surface area contributed by atoms with Crippen LogP contribution in [0.2, 0.25) is 0 Å². The molecule has 4 aliphatic rings. The van der Waals surface area contributed by atoms with Crippen LogP contribution in [0.15, 0.2) is 18.2 Å². The number of nitrogens with one attached hydrogen (secondary N) is 2. The molecule has 0 aliphatic heterocycles. The summed E-state index contributed by atoms with van der Waals surface area (Å²) in [5.41, 5.74) is 2.93. The molecule has 0 spiro atoms. The molecule has 2 amide bonds. The minimum atomic E-state index is -0.588. The largest absolute Gasteiger partial charge is 0.454 e. The molecular formula is C25H34N2O4. The smallest absolute Gasteiger partial charge is 0.325 e. The van der Waals surface area contributed by atoms with E-state index in [2.05, 4.69) is 10.6 Å². The second-order valence-corrected chi connectivity index (χ2v) is 10.0. The van der Waals surface area contributed by atoms with Crippen molar-refractivity contribution < 1.29 is 19.1 Å². The predicted molar refractivity (Wildman–Crippen MR) is 118 cm³/mol. The number of anilines is 1. The summed E-state index contributed by atoms with van der Waals surface area (Å²) < 4.78 is 5.07. The van der Waals surface area contributed by atoms with Crippen molar-refractivity contribution in [3.63, 3.8) is 0 Å². The van der Waals surface area contributed by atoms with Gasteiger partial charge < -0.3 is 15.4 Å². The number of para-hydroxylation sites is 1. The zero-order valence-electron chi connectivity index (χ0n) is 18.7. The van der Waals surface area contributed by atoms with E-state index in [0.29, 0.717) is 6.42 Å². The van der Waals surface area contributed by atoms with E-state index in [0.717, 1.165) is 60.3 Å². The quantitative estimate of drug-likeness (QED) is 0.620. The van der Waals surface area contributed by atoms with E-state index in [1.165, 1.54) is 19.3 Å². The summed E-state index contributed by atoms with van der Waals surface area (Å²) in [5, 5.41) is 5.55. The van der Waals surface area contributed by atoms with Crippen LogP contribution in [0, 0.1) is 30.1 Å². The molecule has 0 radical (unpaired) electrons. The Bertz CT molecular complexity index is 828. The molecule has 6 nitrogen and oxygen atoms in total. The van der Waals surface area contributed by atoms with Crippen molar-refractivity contribution in [2.24, 2.45) is 23.2 Å². The summed E-state index contributed by atoms with van der Waals surface area (Å²) in [6.07, 6.45) is 8.83. The molecule has 168 valence electrons. The van der Waals surface area contributed by atoms with Crippen molar-refractivity contribution in [3.05, 3.63) is 29.3 Å². The Morgan fingerprint density at radius 1 is 1.03 bits per heavy atom. The minimum absolute atomic E-state index is 0.0733. The van der Waals surface area contributed by atoms with Gasteiger partial charge in [-0.2, -0.15) is 0 Å². The van der Waals surface area contributed by atoms with E-state index in [1.54, 1.807) is 0 Å². The fraction of sp³-hybridized carbons (Fsp3) is 0.640. The van der Waals surface area contributed by atoms with Gasteiger partial charge in [0, 0.05) is 12.1 Å². The van der Waals surface area contributed by atoms with Crippen LogP contribution in [0.25, 0.3) is 0 Å². The summed E-state index contributed by atoms with van der Waals surface area (Å²) in [4.78, 5) is 36.8. The highest BCUT2D eigenvalue weighted by molar-refractivity contribution is 5.94. The highest BCUT2D eigenvalue weighted by Crippen LogP contribution is 2.61. The third kappa shape index (κ3) is 5.10. The molecule has 4 bridgehead atoms. The molecule has 0 unspecified atom stereocenters. The van der Waals surface area contributed by atoms with Gasteiger partial charge in [-0.15, -0.1) is 0 Å². The number of hydrogen-bond donors (Lipinski definition) is 2. The van der Waals surface area contributed by atoms with Crippen molar-refractivity contribution in [3.8, 4) is 0 Å². The topological polar surface area (TPSA) is 84.5 Å². The van der Waals surface area contributed by atoms with E-state index in [4.69, 9.17) is 4.74 Å². The molecule has 0 atom stereocenters. The molecule has 4 fully saturated rings. The van der Waals surface area contributed by atoms with Crippen molar-refractivity contribution >= 4 is 23.5 Å². The van der Waals surface area contributed by atoms with Gasteiger partial charge in [0.1, 0.15) is 6.54 Å². The Morgan fingerprint density at radius 3 is 2.29 bits per heavy atom. The molecule has 6 heteroatoms. The molecule has 0 saturated heterocycles. The molecule has 31 heavy (non-hydrogen) atoms. The number of carbonyl (C=O) groups is 3. The molecule has 2 N–H and O–H groups in total. The normalized spacial score (nSPS) is 28.3. The van der Waals surface area contributed by atoms with Crippen LogP contribution in [0.3, 0.4) is 0 Å². The second-order valence-electron chi connectivity index (χ2n) is 10.0. The number of ether oxygens (including phenoxy) is 1. The average molecular weight is 427 g/mol. The fourth-order valence-electron chi connectivity index (χ4n) is 6.65. The minimum Gasteiger partial charge on any atom is -0.454 e. The zero-order valence-corrected chi connectivity index (χ0v) is 18.7. The zero-order chi connectivity index (χ0) is 22.0. The lowest BCUT2D eigenvalue weighted by molar-refractivity contribution is -0.147. The highest BCUT2D eigenvalue weighted by Gasteiger charge is 2.51. The number of esters is 1. The molecular weight excluding hydrogens is 392 g/mol. The first kappa shape index (κ1) is 21.8. The lowest BCUT2D eigenvalue weighted by atomic mass is 9.49. The first-order valence-electron chi connectivity index (χ1n) is 11.7. The summed E-state index contributed by atoms with van der Waals surface area (Å²) in [6.45, 7) is 3.40. The van der Waals surface area contributed by atoms with Crippen molar-refractivity contribution in [1.29, 1.82) is 0 Å². The van der Waals surface area contributed by atoms with Gasteiger partial charge in [0.05, 0.1) is 0 Å². The van der Waals surface area contributed by atoms with Crippen molar-refractivity contribution in [2.45, 2.75) is 65.2 Å². The van der Waals surface area contributed by atoms with Gasteiger partial charge in [-0.1, -0.05) is 25.1 Å². The molecule has 0 heterocycles. The Labute approximate surface area is 184 Å². The first-order valence-corrected chi connectivity index (χ1v) is 11.7. The third-order valence-electron chi connectivity index (χ3n) is 7.50. The number of rotatable bonds is 8. The van der Waals surface area contributed by atoms with E-state index in [1.807, 2.05) is 32.0 Å². The number of benzene rings is 1. The van der Waals surface area contributed by atoms with Gasteiger partial charge in [-0.25, -0.2) is 0 Å². The fourth-order valence-corrected chi connectivity index (χ4v) is 6.65. The van der Waals surface area contributed by atoms with Crippen LogP contribution in [-0.4, -0.2) is 30.9 Å². The molecule has 4 aliphatic carbocycles.